The number of likely N-dealkylation sites (tertiary alicyclic amines) is 1. The fourth-order valence-electron chi connectivity index (χ4n) is 4.60. The smallest absolute Gasteiger partial charge is 0.343 e. The van der Waals surface area contributed by atoms with E-state index in [9.17, 15) is 23.6 Å². The molecule has 1 atom stereocenters. The van der Waals surface area contributed by atoms with Crippen LogP contribution < -0.4 is 10.3 Å². The summed E-state index contributed by atoms with van der Waals surface area (Å²) in [6.07, 6.45) is 0.716. The molecule has 9 nitrogen and oxygen atoms in total. The quantitative estimate of drug-likeness (QED) is 0.572. The van der Waals surface area contributed by atoms with Gasteiger partial charge in [0.2, 0.25) is 11.8 Å². The molecule has 1 fully saturated rings. The third kappa shape index (κ3) is 5.36. The molecule has 186 valence electrons. The zero-order chi connectivity index (χ0) is 25.1. The van der Waals surface area contributed by atoms with Crippen molar-refractivity contribution in [1.82, 2.24) is 14.4 Å². The van der Waals surface area contributed by atoms with Crippen LogP contribution in [0, 0.1) is 11.7 Å². The normalized spacial score (nSPS) is 17.7. The summed E-state index contributed by atoms with van der Waals surface area (Å²) in [5, 5.41) is 0. The van der Waals surface area contributed by atoms with Gasteiger partial charge in [0.1, 0.15) is 17.1 Å². The van der Waals surface area contributed by atoms with Crippen molar-refractivity contribution in [2.24, 2.45) is 5.92 Å². The number of rotatable bonds is 6. The van der Waals surface area contributed by atoms with Crippen molar-refractivity contribution in [2.45, 2.75) is 25.8 Å². The van der Waals surface area contributed by atoms with Crippen molar-refractivity contribution in [3.05, 3.63) is 63.3 Å². The van der Waals surface area contributed by atoms with E-state index in [0.717, 1.165) is 0 Å². The van der Waals surface area contributed by atoms with Crippen LogP contribution in [-0.4, -0.2) is 72.5 Å². The maximum absolute atomic E-state index is 13.2. The Morgan fingerprint density at radius 2 is 1.86 bits per heavy atom. The largest absolute Gasteiger partial charge is 0.492 e. The Labute approximate surface area is 202 Å². The minimum atomic E-state index is -0.630. The average molecular weight is 486 g/mol. The summed E-state index contributed by atoms with van der Waals surface area (Å²) in [7, 11) is 2.98. The van der Waals surface area contributed by atoms with Crippen molar-refractivity contribution in [3.8, 4) is 5.75 Å². The number of carbonyl (C=O) groups excluding carboxylic acids is 3. The van der Waals surface area contributed by atoms with Gasteiger partial charge in [-0.25, -0.2) is 9.18 Å². The Bertz CT molecular complexity index is 1190. The zero-order valence-electron chi connectivity index (χ0n) is 19.8. The number of aromatic nitrogens is 1. The van der Waals surface area contributed by atoms with Gasteiger partial charge in [-0.05, 0) is 17.7 Å². The maximum Gasteiger partial charge on any atom is 0.343 e. The van der Waals surface area contributed by atoms with E-state index in [1.165, 1.54) is 29.9 Å². The van der Waals surface area contributed by atoms with Gasteiger partial charge in [-0.15, -0.1) is 0 Å². The molecule has 10 heteroatoms. The molecule has 2 aliphatic heterocycles. The van der Waals surface area contributed by atoms with Gasteiger partial charge in [0, 0.05) is 63.7 Å². The Kier molecular flexibility index (Phi) is 7.18. The summed E-state index contributed by atoms with van der Waals surface area (Å²) in [6, 6.07) is 7.03. The molecular weight excluding hydrogens is 457 g/mol. The summed E-state index contributed by atoms with van der Waals surface area (Å²) in [4.78, 5) is 53.6. The molecular formula is C25H28FN3O6. The third-order valence-corrected chi connectivity index (χ3v) is 6.50. The second-order valence-electron chi connectivity index (χ2n) is 8.90. The van der Waals surface area contributed by atoms with Gasteiger partial charge in [-0.1, -0.05) is 12.1 Å². The molecule has 4 rings (SSSR count). The zero-order valence-corrected chi connectivity index (χ0v) is 19.8. The number of hydrogen-bond acceptors (Lipinski definition) is 6. The molecule has 3 heterocycles. The number of pyridine rings is 1. The molecule has 35 heavy (non-hydrogen) atoms. The molecule has 2 aliphatic rings. The Hall–Kier alpha value is -3.69. The predicted octanol–water partition coefficient (Wildman–Crippen LogP) is 1.26. The number of fused-ring (bicyclic) bond motifs is 1. The van der Waals surface area contributed by atoms with Crippen LogP contribution in [0.3, 0.4) is 0 Å². The second kappa shape index (κ2) is 10.3. The number of hydrogen-bond donors (Lipinski definition) is 0. The molecule has 1 aromatic carbocycles. The Balaban J connectivity index is 1.54. The number of nitrogens with zero attached hydrogens (tertiary/aromatic N) is 3. The number of halogens is 1. The standard InChI is InChI=1S/C25H28FN3O6/c1-27-14-17(12-21(27)30)15-35-20-13-23(32)29-10-9-28(8-7-19(29)24(20)25(33)34-2)22(31)11-16-3-5-18(26)6-4-16/h3-6,13,17H,7-12,14-15H2,1-2H3. The van der Waals surface area contributed by atoms with Crippen LogP contribution in [0.5, 0.6) is 5.75 Å². The molecule has 0 spiro atoms. The van der Waals surface area contributed by atoms with E-state index >= 15 is 0 Å². The topological polar surface area (TPSA) is 98.2 Å². The first-order valence-electron chi connectivity index (χ1n) is 11.5. The van der Waals surface area contributed by atoms with Crippen LogP contribution in [0.4, 0.5) is 4.39 Å². The first-order chi connectivity index (χ1) is 16.8. The molecule has 2 amide bonds. The lowest BCUT2D eigenvalue weighted by Gasteiger charge is -2.20. The molecule has 0 N–H and O–H groups in total. The van der Waals surface area contributed by atoms with E-state index in [-0.39, 0.29) is 66.4 Å². The van der Waals surface area contributed by atoms with Gasteiger partial charge < -0.3 is 23.8 Å². The van der Waals surface area contributed by atoms with Gasteiger partial charge in [0.05, 0.1) is 20.1 Å². The van der Waals surface area contributed by atoms with Crippen molar-refractivity contribution in [1.29, 1.82) is 0 Å². The lowest BCUT2D eigenvalue weighted by molar-refractivity contribution is -0.130. The molecule has 1 saturated heterocycles. The van der Waals surface area contributed by atoms with E-state index in [1.807, 2.05) is 0 Å². The highest BCUT2D eigenvalue weighted by Crippen LogP contribution is 2.26. The first-order valence-corrected chi connectivity index (χ1v) is 11.5. The SMILES string of the molecule is COC(=O)c1c(OCC2CC(=O)N(C)C2)cc(=O)n2c1CCN(C(=O)Cc1ccc(F)cc1)CC2. The van der Waals surface area contributed by atoms with E-state index in [4.69, 9.17) is 9.47 Å². The summed E-state index contributed by atoms with van der Waals surface area (Å²) in [5.74, 6) is -1.04. The Morgan fingerprint density at radius 3 is 2.51 bits per heavy atom. The van der Waals surface area contributed by atoms with Crippen molar-refractivity contribution in [2.75, 3.05) is 40.4 Å². The molecule has 0 radical (unpaired) electrons. The number of methoxy groups -OCH3 is 1. The molecule has 0 bridgehead atoms. The highest BCUT2D eigenvalue weighted by atomic mass is 19.1. The van der Waals surface area contributed by atoms with E-state index in [1.54, 1.807) is 29.0 Å². The highest BCUT2D eigenvalue weighted by molar-refractivity contribution is 5.93. The van der Waals surface area contributed by atoms with Crippen LogP contribution >= 0.6 is 0 Å². The molecule has 0 saturated carbocycles. The molecule has 1 aromatic heterocycles. The fraction of sp³-hybridized carbons (Fsp3) is 0.440. The fourth-order valence-corrected chi connectivity index (χ4v) is 4.60. The highest BCUT2D eigenvalue weighted by Gasteiger charge is 2.30. The van der Waals surface area contributed by atoms with Crippen molar-refractivity contribution >= 4 is 17.8 Å². The van der Waals surface area contributed by atoms with Crippen LogP contribution in [0.2, 0.25) is 0 Å². The molecule has 1 unspecified atom stereocenters. The van der Waals surface area contributed by atoms with E-state index in [2.05, 4.69) is 0 Å². The summed E-state index contributed by atoms with van der Waals surface area (Å²) in [6.45, 7) is 1.54. The number of esters is 1. The summed E-state index contributed by atoms with van der Waals surface area (Å²) >= 11 is 0. The molecule has 0 aliphatic carbocycles. The van der Waals surface area contributed by atoms with Gasteiger partial charge in [0.25, 0.3) is 5.56 Å². The first kappa shape index (κ1) is 24.4. The number of benzene rings is 1. The van der Waals surface area contributed by atoms with Gasteiger partial charge in [-0.2, -0.15) is 0 Å². The second-order valence-corrected chi connectivity index (χ2v) is 8.90. The van der Waals surface area contributed by atoms with Crippen molar-refractivity contribution < 1.29 is 28.2 Å². The third-order valence-electron chi connectivity index (χ3n) is 6.50. The van der Waals surface area contributed by atoms with E-state index in [0.29, 0.717) is 37.3 Å². The maximum atomic E-state index is 13.2. The van der Waals surface area contributed by atoms with Crippen LogP contribution in [0.1, 0.15) is 28.0 Å². The lowest BCUT2D eigenvalue weighted by atomic mass is 10.1. The number of ether oxygens (including phenoxy) is 2. The van der Waals surface area contributed by atoms with Gasteiger partial charge in [-0.3, -0.25) is 14.4 Å². The average Bonchev–Trinajstić information content (AvgIpc) is 3.02. The Morgan fingerprint density at radius 1 is 1.11 bits per heavy atom. The molecule has 2 aromatic rings. The summed E-state index contributed by atoms with van der Waals surface area (Å²) in [5.41, 5.74) is 0.973. The summed E-state index contributed by atoms with van der Waals surface area (Å²) < 4.78 is 25.5. The van der Waals surface area contributed by atoms with Crippen molar-refractivity contribution in [3.63, 3.8) is 0 Å². The number of carbonyl (C=O) groups is 3. The van der Waals surface area contributed by atoms with E-state index < -0.39 is 5.97 Å². The van der Waals surface area contributed by atoms with Gasteiger partial charge in [0.15, 0.2) is 0 Å². The van der Waals surface area contributed by atoms with Gasteiger partial charge >= 0.3 is 5.97 Å². The van der Waals surface area contributed by atoms with Crippen LogP contribution in [0.15, 0.2) is 35.1 Å². The van der Waals surface area contributed by atoms with Crippen LogP contribution in [0.25, 0.3) is 0 Å². The monoisotopic (exact) mass is 485 g/mol. The predicted molar refractivity (Wildman–Crippen MR) is 124 cm³/mol. The van der Waals surface area contributed by atoms with Crippen LogP contribution in [-0.2, 0) is 33.7 Å². The minimum Gasteiger partial charge on any atom is -0.492 e. The lowest BCUT2D eigenvalue weighted by Crippen LogP contribution is -2.35. The number of amides is 2. The minimum absolute atomic E-state index is 0.0270.